The standard InChI is InChI=1S/C12H22N4OS/c1-9(2)6-15(10-4-5-10)8-16-12(18)14(3)11(7-17)13-16/h9-10,17H,4-8H2,1-3H3. The summed E-state index contributed by atoms with van der Waals surface area (Å²) in [6, 6.07) is 0.689. The highest BCUT2D eigenvalue weighted by molar-refractivity contribution is 7.71. The lowest BCUT2D eigenvalue weighted by molar-refractivity contribution is 0.173. The van der Waals surface area contributed by atoms with Crippen LogP contribution in [0.2, 0.25) is 0 Å². The van der Waals surface area contributed by atoms with Gasteiger partial charge in [-0.2, -0.15) is 5.10 Å². The molecule has 0 aromatic carbocycles. The van der Waals surface area contributed by atoms with Gasteiger partial charge in [0.1, 0.15) is 6.61 Å². The molecule has 1 N–H and O–H groups in total. The molecule has 6 heteroatoms. The van der Waals surface area contributed by atoms with E-state index in [1.165, 1.54) is 12.8 Å². The molecule has 0 unspecified atom stereocenters. The lowest BCUT2D eigenvalue weighted by Crippen LogP contribution is -2.32. The van der Waals surface area contributed by atoms with Crippen LogP contribution in [-0.2, 0) is 20.3 Å². The average molecular weight is 270 g/mol. The molecule has 0 atom stereocenters. The molecule has 0 spiro atoms. The molecular formula is C12H22N4OS. The second-order valence-electron chi connectivity index (χ2n) is 5.45. The zero-order valence-corrected chi connectivity index (χ0v) is 12.2. The van der Waals surface area contributed by atoms with Crippen molar-refractivity contribution in [1.29, 1.82) is 0 Å². The maximum atomic E-state index is 9.20. The van der Waals surface area contributed by atoms with Crippen LogP contribution in [0.3, 0.4) is 0 Å². The fraction of sp³-hybridized carbons (Fsp3) is 0.833. The quantitative estimate of drug-likeness (QED) is 0.796. The minimum atomic E-state index is -0.0687. The summed E-state index contributed by atoms with van der Waals surface area (Å²) in [7, 11) is 1.85. The molecule has 1 aromatic rings. The van der Waals surface area contributed by atoms with Crippen molar-refractivity contribution in [3.05, 3.63) is 10.6 Å². The fourth-order valence-electron chi connectivity index (χ4n) is 2.17. The molecule has 1 heterocycles. The van der Waals surface area contributed by atoms with Gasteiger partial charge in [0.05, 0.1) is 6.67 Å². The van der Waals surface area contributed by atoms with E-state index in [4.69, 9.17) is 12.2 Å². The van der Waals surface area contributed by atoms with Crippen molar-refractivity contribution in [2.45, 2.75) is 46.0 Å². The van der Waals surface area contributed by atoms with Crippen LogP contribution in [0, 0.1) is 10.7 Å². The Morgan fingerprint density at radius 3 is 2.61 bits per heavy atom. The Labute approximate surface area is 113 Å². The Morgan fingerprint density at radius 2 is 2.17 bits per heavy atom. The summed E-state index contributed by atoms with van der Waals surface area (Å²) >= 11 is 5.34. The number of hydrogen-bond donors (Lipinski definition) is 1. The molecule has 0 bridgehead atoms. The maximum absolute atomic E-state index is 9.20. The summed E-state index contributed by atoms with van der Waals surface area (Å²) in [5.74, 6) is 1.26. The van der Waals surface area contributed by atoms with Crippen LogP contribution in [0.4, 0.5) is 0 Å². The van der Waals surface area contributed by atoms with Gasteiger partial charge in [-0.1, -0.05) is 13.8 Å². The SMILES string of the molecule is CC(C)CN(Cn1nc(CO)n(C)c1=S)C1CC1. The third kappa shape index (κ3) is 2.99. The van der Waals surface area contributed by atoms with E-state index in [0.29, 0.717) is 22.6 Å². The summed E-state index contributed by atoms with van der Waals surface area (Å²) in [6.45, 7) is 6.19. The van der Waals surface area contributed by atoms with Crippen molar-refractivity contribution in [2.24, 2.45) is 13.0 Å². The summed E-state index contributed by atoms with van der Waals surface area (Å²) in [5, 5.41) is 13.6. The summed E-state index contributed by atoms with van der Waals surface area (Å²) in [6.07, 6.45) is 2.56. The second kappa shape index (κ2) is 5.50. The molecule has 0 radical (unpaired) electrons. The first-order chi connectivity index (χ1) is 8.52. The first-order valence-corrected chi connectivity index (χ1v) is 6.91. The van der Waals surface area contributed by atoms with E-state index in [2.05, 4.69) is 23.8 Å². The highest BCUT2D eigenvalue weighted by atomic mass is 32.1. The Kier molecular flexibility index (Phi) is 4.19. The van der Waals surface area contributed by atoms with Gasteiger partial charge in [0.15, 0.2) is 10.6 Å². The van der Waals surface area contributed by atoms with Gasteiger partial charge in [0, 0.05) is 19.6 Å². The highest BCUT2D eigenvalue weighted by Gasteiger charge is 2.29. The molecule has 0 aliphatic heterocycles. The lowest BCUT2D eigenvalue weighted by Gasteiger charge is -2.23. The largest absolute Gasteiger partial charge is 0.388 e. The first-order valence-electron chi connectivity index (χ1n) is 6.50. The molecule has 0 saturated heterocycles. The van der Waals surface area contributed by atoms with E-state index in [1.54, 1.807) is 4.57 Å². The molecule has 1 aliphatic rings. The molecule has 1 aliphatic carbocycles. The zero-order chi connectivity index (χ0) is 13.3. The molecule has 1 saturated carbocycles. The van der Waals surface area contributed by atoms with Crippen LogP contribution in [0.1, 0.15) is 32.5 Å². The molecule has 5 nitrogen and oxygen atoms in total. The van der Waals surface area contributed by atoms with Gasteiger partial charge in [0.2, 0.25) is 0 Å². The van der Waals surface area contributed by atoms with E-state index in [0.717, 1.165) is 13.2 Å². The molecule has 0 amide bonds. The smallest absolute Gasteiger partial charge is 0.198 e. The monoisotopic (exact) mass is 270 g/mol. The van der Waals surface area contributed by atoms with E-state index in [1.807, 2.05) is 11.7 Å². The molecule has 1 aromatic heterocycles. The third-order valence-corrected chi connectivity index (χ3v) is 3.74. The summed E-state index contributed by atoms with van der Waals surface area (Å²) in [5.41, 5.74) is 0. The van der Waals surface area contributed by atoms with Gasteiger partial charge >= 0.3 is 0 Å². The Balaban J connectivity index is 2.13. The topological polar surface area (TPSA) is 46.2 Å². The molecule has 1 fully saturated rings. The number of rotatable bonds is 6. The third-order valence-electron chi connectivity index (χ3n) is 3.25. The number of nitrogens with zero attached hydrogens (tertiary/aromatic N) is 4. The van der Waals surface area contributed by atoms with Crippen molar-refractivity contribution >= 4 is 12.2 Å². The van der Waals surface area contributed by atoms with Gasteiger partial charge in [-0.3, -0.25) is 4.90 Å². The van der Waals surface area contributed by atoms with E-state index in [-0.39, 0.29) is 6.61 Å². The Hall–Kier alpha value is -0.720. The van der Waals surface area contributed by atoms with Crippen LogP contribution >= 0.6 is 12.2 Å². The number of hydrogen-bond acceptors (Lipinski definition) is 4. The first kappa shape index (κ1) is 13.7. The maximum Gasteiger partial charge on any atom is 0.198 e. The van der Waals surface area contributed by atoms with E-state index >= 15 is 0 Å². The number of aliphatic hydroxyl groups excluding tert-OH is 1. The summed E-state index contributed by atoms with van der Waals surface area (Å²) in [4.78, 5) is 2.44. The van der Waals surface area contributed by atoms with Crippen molar-refractivity contribution in [2.75, 3.05) is 6.54 Å². The molecule has 18 heavy (non-hydrogen) atoms. The van der Waals surface area contributed by atoms with Gasteiger partial charge in [0.25, 0.3) is 0 Å². The average Bonchev–Trinajstić information content (AvgIpc) is 3.11. The predicted octanol–water partition coefficient (Wildman–Crippen LogP) is 1.52. The van der Waals surface area contributed by atoms with Crippen LogP contribution in [0.15, 0.2) is 0 Å². The van der Waals surface area contributed by atoms with Crippen molar-refractivity contribution in [3.63, 3.8) is 0 Å². The minimum absolute atomic E-state index is 0.0687. The van der Waals surface area contributed by atoms with Gasteiger partial charge < -0.3 is 9.67 Å². The predicted molar refractivity (Wildman–Crippen MR) is 72.5 cm³/mol. The van der Waals surface area contributed by atoms with Crippen LogP contribution in [0.5, 0.6) is 0 Å². The van der Waals surface area contributed by atoms with Crippen molar-refractivity contribution < 1.29 is 5.11 Å². The fourth-order valence-corrected chi connectivity index (χ4v) is 2.37. The lowest BCUT2D eigenvalue weighted by atomic mass is 10.2. The number of aliphatic hydroxyl groups is 1. The highest BCUT2D eigenvalue weighted by Crippen LogP contribution is 2.28. The van der Waals surface area contributed by atoms with Crippen molar-refractivity contribution in [3.8, 4) is 0 Å². The van der Waals surface area contributed by atoms with Gasteiger partial charge in [-0.25, -0.2) is 4.68 Å². The van der Waals surface area contributed by atoms with Crippen LogP contribution in [-0.4, -0.2) is 36.9 Å². The van der Waals surface area contributed by atoms with Crippen LogP contribution < -0.4 is 0 Å². The Bertz CT molecular complexity index is 461. The van der Waals surface area contributed by atoms with E-state index in [9.17, 15) is 5.11 Å². The zero-order valence-electron chi connectivity index (χ0n) is 11.3. The van der Waals surface area contributed by atoms with E-state index < -0.39 is 0 Å². The molecule has 2 rings (SSSR count). The van der Waals surface area contributed by atoms with Gasteiger partial charge in [-0.05, 0) is 31.0 Å². The second-order valence-corrected chi connectivity index (χ2v) is 5.82. The Morgan fingerprint density at radius 1 is 1.50 bits per heavy atom. The normalized spacial score (nSPS) is 15.9. The van der Waals surface area contributed by atoms with Crippen molar-refractivity contribution in [1.82, 2.24) is 19.2 Å². The van der Waals surface area contributed by atoms with Gasteiger partial charge in [-0.15, -0.1) is 0 Å². The summed E-state index contributed by atoms with van der Waals surface area (Å²) < 4.78 is 4.27. The van der Waals surface area contributed by atoms with Crippen LogP contribution in [0.25, 0.3) is 0 Å². The molecule has 102 valence electrons. The molecular weight excluding hydrogens is 248 g/mol. The minimum Gasteiger partial charge on any atom is -0.388 e. The number of aromatic nitrogens is 3.